The van der Waals surface area contributed by atoms with Crippen molar-refractivity contribution in [2.24, 2.45) is 0 Å². The Bertz CT molecular complexity index is 1420. The van der Waals surface area contributed by atoms with Gasteiger partial charge in [0.05, 0.1) is 6.61 Å². The van der Waals surface area contributed by atoms with Crippen molar-refractivity contribution in [2.45, 2.75) is 256 Å². The van der Waals surface area contributed by atoms with E-state index in [2.05, 4.69) is 62.5 Å². The van der Waals surface area contributed by atoms with Crippen molar-refractivity contribution in [1.29, 1.82) is 0 Å². The Labute approximate surface area is 411 Å². The monoisotopic (exact) mass is 983 g/mol. The molecule has 0 heterocycles. The SMILES string of the molecule is CC/C=C\C/C=C\C/C=C\C/C=C\C/C=C\CCCC(=O)OC(COC(=O)CCCCCCCCCCCCCCCCCCCCCCCC)COP(=O)(O)OC1C(O)C(O)C(O)C(O)C1O. The molecule has 0 saturated heterocycles. The van der Waals surface area contributed by atoms with Gasteiger partial charge in [0.1, 0.15) is 43.2 Å². The number of carbonyl (C=O) groups excluding carboxylic acids is 2. The highest BCUT2D eigenvalue weighted by atomic mass is 31.2. The average molecular weight is 983 g/mol. The molecule has 0 aromatic carbocycles. The Morgan fingerprint density at radius 3 is 1.26 bits per heavy atom. The van der Waals surface area contributed by atoms with Gasteiger partial charge in [-0.1, -0.05) is 209 Å². The van der Waals surface area contributed by atoms with Crippen LogP contribution in [0.1, 0.15) is 213 Å². The quantitative estimate of drug-likeness (QED) is 0.0145. The standard InChI is InChI=1S/C54H95O13P/c1-3-5-7-9-11-13-15-17-19-21-22-23-24-25-27-28-30-32-34-36-38-40-42-47(55)64-44-46(45-65-68(62,63)67-54-52(60)50(58)49(57)51(59)53(54)61)66-48(56)43-41-39-37-35-33-31-29-26-20-18-16-14-12-10-8-6-4-2/h6,8,12,14,18,20,29,31,35,37,46,49-54,57-61H,3-5,7,9-11,13,15-17,19,21-28,30,32-34,36,38-45H2,1-2H3,(H,62,63)/b8-6-,14-12-,20-18-,31-29-,37-35-. The van der Waals surface area contributed by atoms with E-state index in [9.17, 15) is 44.6 Å². The minimum Gasteiger partial charge on any atom is -0.462 e. The molecule has 0 aromatic rings. The third-order valence-corrected chi connectivity index (χ3v) is 13.1. The maximum absolute atomic E-state index is 12.9. The van der Waals surface area contributed by atoms with Crippen LogP contribution in [0.25, 0.3) is 0 Å². The van der Waals surface area contributed by atoms with Crippen LogP contribution in [-0.4, -0.2) is 98.3 Å². The lowest BCUT2D eigenvalue weighted by Gasteiger charge is -2.41. The number of phosphoric ester groups is 1. The van der Waals surface area contributed by atoms with Crippen LogP contribution in [0.4, 0.5) is 0 Å². The van der Waals surface area contributed by atoms with Crippen LogP contribution >= 0.6 is 7.82 Å². The first-order valence-electron chi connectivity index (χ1n) is 26.6. The first kappa shape index (κ1) is 63.6. The Morgan fingerprint density at radius 1 is 0.471 bits per heavy atom. The predicted octanol–water partition coefficient (Wildman–Crippen LogP) is 11.7. The van der Waals surface area contributed by atoms with E-state index in [0.29, 0.717) is 19.3 Å². The van der Waals surface area contributed by atoms with Crippen LogP contribution in [0.3, 0.4) is 0 Å². The Kier molecular flexibility index (Phi) is 40.5. The van der Waals surface area contributed by atoms with Gasteiger partial charge in [-0.3, -0.25) is 18.6 Å². The third kappa shape index (κ3) is 34.8. The van der Waals surface area contributed by atoms with E-state index >= 15 is 0 Å². The molecule has 0 spiro atoms. The highest BCUT2D eigenvalue weighted by molar-refractivity contribution is 7.47. The van der Waals surface area contributed by atoms with Crippen molar-refractivity contribution in [2.75, 3.05) is 13.2 Å². The molecule has 1 aliphatic carbocycles. The first-order chi connectivity index (χ1) is 32.9. The van der Waals surface area contributed by atoms with Gasteiger partial charge in [0.25, 0.3) is 0 Å². The van der Waals surface area contributed by atoms with Crippen molar-refractivity contribution in [1.82, 2.24) is 0 Å². The van der Waals surface area contributed by atoms with E-state index in [-0.39, 0.29) is 12.8 Å². The fraction of sp³-hybridized carbons (Fsp3) is 0.778. The van der Waals surface area contributed by atoms with Crippen molar-refractivity contribution >= 4 is 19.8 Å². The van der Waals surface area contributed by atoms with E-state index in [4.69, 9.17) is 18.5 Å². The molecular weight excluding hydrogens is 888 g/mol. The number of hydrogen-bond donors (Lipinski definition) is 6. The molecule has 0 aromatic heterocycles. The minimum absolute atomic E-state index is 0.0179. The fourth-order valence-electron chi connectivity index (χ4n) is 7.91. The summed E-state index contributed by atoms with van der Waals surface area (Å²) in [5, 5.41) is 50.3. The van der Waals surface area contributed by atoms with Gasteiger partial charge in [0, 0.05) is 12.8 Å². The smallest absolute Gasteiger partial charge is 0.462 e. The van der Waals surface area contributed by atoms with Gasteiger partial charge in [0.2, 0.25) is 0 Å². The number of aliphatic hydroxyl groups excluding tert-OH is 5. The second-order valence-electron chi connectivity index (χ2n) is 18.4. The normalized spacial score (nSPS) is 21.5. The molecule has 6 atom stereocenters. The zero-order valence-corrected chi connectivity index (χ0v) is 43.0. The van der Waals surface area contributed by atoms with Crippen molar-refractivity contribution in [3.63, 3.8) is 0 Å². The maximum Gasteiger partial charge on any atom is 0.472 e. The van der Waals surface area contributed by atoms with E-state index in [1.54, 1.807) is 0 Å². The molecule has 1 rings (SSSR count). The van der Waals surface area contributed by atoms with Gasteiger partial charge in [0.15, 0.2) is 6.10 Å². The number of carbonyl (C=O) groups is 2. The van der Waals surface area contributed by atoms with Gasteiger partial charge in [-0.15, -0.1) is 0 Å². The summed E-state index contributed by atoms with van der Waals surface area (Å²) >= 11 is 0. The molecule has 1 fully saturated rings. The van der Waals surface area contributed by atoms with E-state index in [1.165, 1.54) is 116 Å². The van der Waals surface area contributed by atoms with Crippen LogP contribution in [-0.2, 0) is 32.7 Å². The summed E-state index contributed by atoms with van der Waals surface area (Å²) in [6, 6.07) is 0. The zero-order chi connectivity index (χ0) is 49.9. The van der Waals surface area contributed by atoms with Crippen LogP contribution < -0.4 is 0 Å². The molecule has 0 radical (unpaired) electrons. The summed E-state index contributed by atoms with van der Waals surface area (Å²) in [4.78, 5) is 35.8. The summed E-state index contributed by atoms with van der Waals surface area (Å²) in [6.07, 6.45) is 41.4. The predicted molar refractivity (Wildman–Crippen MR) is 272 cm³/mol. The van der Waals surface area contributed by atoms with Gasteiger partial charge in [-0.2, -0.15) is 0 Å². The number of phosphoric acid groups is 1. The number of hydrogen-bond acceptors (Lipinski definition) is 12. The molecule has 13 nitrogen and oxygen atoms in total. The van der Waals surface area contributed by atoms with Crippen molar-refractivity contribution in [3.8, 4) is 0 Å². The Hall–Kier alpha value is -2.45. The second kappa shape index (κ2) is 43.3. The summed E-state index contributed by atoms with van der Waals surface area (Å²) in [7, 11) is -5.14. The van der Waals surface area contributed by atoms with Gasteiger partial charge < -0.3 is 39.9 Å². The number of unbranched alkanes of at least 4 members (excludes halogenated alkanes) is 22. The molecule has 6 unspecified atom stereocenters. The highest BCUT2D eigenvalue weighted by Gasteiger charge is 2.51. The molecule has 0 amide bonds. The molecule has 0 bridgehead atoms. The Balaban J connectivity index is 2.39. The Morgan fingerprint density at radius 2 is 0.838 bits per heavy atom. The van der Waals surface area contributed by atoms with E-state index in [0.717, 1.165) is 51.4 Å². The summed E-state index contributed by atoms with van der Waals surface area (Å²) < 4.78 is 33.6. The van der Waals surface area contributed by atoms with Crippen molar-refractivity contribution < 1.29 is 63.1 Å². The third-order valence-electron chi connectivity index (χ3n) is 12.1. The molecule has 1 aliphatic rings. The van der Waals surface area contributed by atoms with Crippen LogP contribution in [0.15, 0.2) is 60.8 Å². The second-order valence-corrected chi connectivity index (χ2v) is 19.8. The molecule has 1 saturated carbocycles. The topological polar surface area (TPSA) is 210 Å². The van der Waals surface area contributed by atoms with Crippen LogP contribution in [0, 0.1) is 0 Å². The largest absolute Gasteiger partial charge is 0.472 e. The lowest BCUT2D eigenvalue weighted by atomic mass is 9.85. The van der Waals surface area contributed by atoms with Gasteiger partial charge in [-0.25, -0.2) is 4.57 Å². The zero-order valence-electron chi connectivity index (χ0n) is 42.1. The number of esters is 2. The molecular formula is C54H95O13P. The van der Waals surface area contributed by atoms with E-state index < -0.39 is 75.7 Å². The van der Waals surface area contributed by atoms with Crippen LogP contribution in [0.2, 0.25) is 0 Å². The number of rotatable bonds is 44. The van der Waals surface area contributed by atoms with Gasteiger partial charge >= 0.3 is 19.8 Å². The molecule has 68 heavy (non-hydrogen) atoms. The number of aliphatic hydroxyl groups is 5. The maximum atomic E-state index is 12.9. The molecule has 0 aliphatic heterocycles. The summed E-state index contributed by atoms with van der Waals surface area (Å²) in [6.45, 7) is 3.17. The van der Waals surface area contributed by atoms with Gasteiger partial charge in [-0.05, 0) is 51.4 Å². The fourth-order valence-corrected chi connectivity index (χ4v) is 8.89. The average Bonchev–Trinajstić information content (AvgIpc) is 3.32. The van der Waals surface area contributed by atoms with Crippen LogP contribution in [0.5, 0.6) is 0 Å². The molecule has 394 valence electrons. The van der Waals surface area contributed by atoms with Crippen molar-refractivity contribution in [3.05, 3.63) is 60.8 Å². The number of allylic oxidation sites excluding steroid dienone is 10. The highest BCUT2D eigenvalue weighted by Crippen LogP contribution is 2.47. The summed E-state index contributed by atoms with van der Waals surface area (Å²) in [5.74, 6) is -1.16. The molecule has 14 heteroatoms. The minimum atomic E-state index is -5.14. The number of ether oxygens (including phenoxy) is 2. The van der Waals surface area contributed by atoms with E-state index in [1.807, 2.05) is 12.2 Å². The lowest BCUT2D eigenvalue weighted by Crippen LogP contribution is -2.64. The first-order valence-corrected chi connectivity index (χ1v) is 28.1. The summed E-state index contributed by atoms with van der Waals surface area (Å²) in [5.41, 5.74) is 0. The lowest BCUT2D eigenvalue weighted by molar-refractivity contribution is -0.220. The molecule has 6 N–H and O–H groups in total.